The fourth-order valence-electron chi connectivity index (χ4n) is 2.07. The lowest BCUT2D eigenvalue weighted by Gasteiger charge is -2.17. The van der Waals surface area contributed by atoms with Gasteiger partial charge in [0.05, 0.1) is 5.56 Å². The first kappa shape index (κ1) is 12.2. The molecule has 1 amide bonds. The molecule has 1 fully saturated rings. The largest absolute Gasteiger partial charge is 0.507 e. The van der Waals surface area contributed by atoms with Crippen molar-refractivity contribution < 1.29 is 9.90 Å². The van der Waals surface area contributed by atoms with Crippen molar-refractivity contribution in [3.8, 4) is 5.75 Å². The Labute approximate surface area is 105 Å². The molecule has 0 unspecified atom stereocenters. The molecule has 92 valence electrons. The Morgan fingerprint density at radius 3 is 2.94 bits per heavy atom. The van der Waals surface area contributed by atoms with Crippen LogP contribution in [0.1, 0.15) is 16.8 Å². The van der Waals surface area contributed by atoms with Crippen LogP contribution in [0.2, 0.25) is 5.02 Å². The number of amides is 1. The molecule has 17 heavy (non-hydrogen) atoms. The van der Waals surface area contributed by atoms with Gasteiger partial charge in [-0.05, 0) is 37.1 Å². The Balaban J connectivity index is 2.15. The van der Waals surface area contributed by atoms with Crippen LogP contribution in [-0.4, -0.2) is 35.5 Å². The minimum Gasteiger partial charge on any atom is -0.507 e. The van der Waals surface area contributed by atoms with Gasteiger partial charge >= 0.3 is 0 Å². The zero-order chi connectivity index (χ0) is 12.4. The topological polar surface area (TPSA) is 66.6 Å². The predicted molar refractivity (Wildman–Crippen MR) is 66.2 cm³/mol. The number of hydrogen-bond acceptors (Lipinski definition) is 3. The maximum Gasteiger partial charge on any atom is 0.257 e. The molecule has 1 aliphatic rings. The fraction of sp³-hybridized carbons (Fsp3) is 0.417. The summed E-state index contributed by atoms with van der Waals surface area (Å²) in [6.07, 6.45) is 0.927. The highest BCUT2D eigenvalue weighted by molar-refractivity contribution is 6.30. The number of likely N-dealkylation sites (tertiary alicyclic amines) is 1. The molecule has 1 aromatic rings. The first-order valence-electron chi connectivity index (χ1n) is 5.59. The zero-order valence-electron chi connectivity index (χ0n) is 9.40. The molecule has 0 aromatic heterocycles. The van der Waals surface area contributed by atoms with Crippen LogP contribution >= 0.6 is 11.6 Å². The van der Waals surface area contributed by atoms with Gasteiger partial charge in [-0.2, -0.15) is 0 Å². The normalized spacial score (nSPS) is 19.6. The summed E-state index contributed by atoms with van der Waals surface area (Å²) in [6.45, 7) is 1.95. The number of benzene rings is 1. The van der Waals surface area contributed by atoms with Gasteiger partial charge in [0.2, 0.25) is 0 Å². The number of rotatable bonds is 2. The summed E-state index contributed by atoms with van der Waals surface area (Å²) in [7, 11) is 0. The lowest BCUT2D eigenvalue weighted by Crippen LogP contribution is -2.29. The molecule has 5 heteroatoms. The van der Waals surface area contributed by atoms with Gasteiger partial charge in [0, 0.05) is 18.1 Å². The number of carbonyl (C=O) groups is 1. The van der Waals surface area contributed by atoms with Gasteiger partial charge in [0.15, 0.2) is 0 Å². The van der Waals surface area contributed by atoms with Crippen molar-refractivity contribution in [1.29, 1.82) is 0 Å². The molecule has 3 N–H and O–H groups in total. The highest BCUT2D eigenvalue weighted by Gasteiger charge is 2.27. The summed E-state index contributed by atoms with van der Waals surface area (Å²) in [5.74, 6) is 0.141. The van der Waals surface area contributed by atoms with Crippen molar-refractivity contribution >= 4 is 17.5 Å². The van der Waals surface area contributed by atoms with E-state index in [1.54, 1.807) is 17.0 Å². The molecular weight excluding hydrogens is 240 g/mol. The molecule has 4 nitrogen and oxygen atoms in total. The number of carbonyl (C=O) groups excluding carboxylic acids is 1. The summed E-state index contributed by atoms with van der Waals surface area (Å²) >= 11 is 5.73. The molecule has 1 aliphatic heterocycles. The van der Waals surface area contributed by atoms with Crippen LogP contribution in [0, 0.1) is 5.92 Å². The van der Waals surface area contributed by atoms with E-state index in [0.717, 1.165) is 6.42 Å². The lowest BCUT2D eigenvalue weighted by molar-refractivity contribution is 0.0784. The first-order valence-corrected chi connectivity index (χ1v) is 5.97. The minimum atomic E-state index is -0.157. The number of phenolic OH excluding ortho intramolecular Hbond substituents is 1. The van der Waals surface area contributed by atoms with Crippen LogP contribution < -0.4 is 5.73 Å². The maximum absolute atomic E-state index is 12.1. The van der Waals surface area contributed by atoms with Gasteiger partial charge in [-0.3, -0.25) is 4.79 Å². The predicted octanol–water partition coefficient (Wildman–Crippen LogP) is 1.47. The van der Waals surface area contributed by atoms with Crippen molar-refractivity contribution in [2.24, 2.45) is 11.7 Å². The molecule has 1 atom stereocenters. The number of nitrogens with two attached hydrogens (primary N) is 1. The monoisotopic (exact) mass is 254 g/mol. The van der Waals surface area contributed by atoms with Crippen LogP contribution in [0.3, 0.4) is 0 Å². The van der Waals surface area contributed by atoms with Gasteiger partial charge in [-0.1, -0.05) is 11.6 Å². The van der Waals surface area contributed by atoms with Crippen molar-refractivity contribution in [2.75, 3.05) is 19.6 Å². The summed E-state index contributed by atoms with van der Waals surface area (Å²) in [5.41, 5.74) is 5.88. The summed E-state index contributed by atoms with van der Waals surface area (Å²) in [6, 6.07) is 4.53. The van der Waals surface area contributed by atoms with Gasteiger partial charge < -0.3 is 15.7 Å². The molecule has 0 bridgehead atoms. The molecular formula is C12H15ClN2O2. The van der Waals surface area contributed by atoms with Crippen molar-refractivity contribution in [3.05, 3.63) is 28.8 Å². The van der Waals surface area contributed by atoms with E-state index < -0.39 is 0 Å². The first-order chi connectivity index (χ1) is 8.11. The second-order valence-corrected chi connectivity index (χ2v) is 4.74. The second-order valence-electron chi connectivity index (χ2n) is 4.30. The van der Waals surface area contributed by atoms with E-state index in [2.05, 4.69) is 0 Å². The SMILES string of the molecule is NC[C@@H]1CCN(C(=O)c2ccc(Cl)cc2O)C1. The highest BCUT2D eigenvalue weighted by Crippen LogP contribution is 2.25. The standard InChI is InChI=1S/C12H15ClN2O2/c13-9-1-2-10(11(16)5-9)12(17)15-4-3-8(6-14)7-15/h1-2,5,8,16H,3-4,6-7,14H2/t8-/m0/s1. The fourth-order valence-corrected chi connectivity index (χ4v) is 2.23. The van der Waals surface area contributed by atoms with Crippen LogP contribution in [0.15, 0.2) is 18.2 Å². The Kier molecular flexibility index (Phi) is 3.54. The number of phenols is 1. The summed E-state index contributed by atoms with van der Waals surface area (Å²) in [5, 5.41) is 10.1. The van der Waals surface area contributed by atoms with E-state index in [4.69, 9.17) is 17.3 Å². The number of nitrogens with zero attached hydrogens (tertiary/aromatic N) is 1. The van der Waals surface area contributed by atoms with E-state index in [0.29, 0.717) is 36.1 Å². The molecule has 0 saturated carbocycles. The van der Waals surface area contributed by atoms with Crippen molar-refractivity contribution in [3.63, 3.8) is 0 Å². The molecule has 2 rings (SSSR count). The van der Waals surface area contributed by atoms with Crippen LogP contribution in [-0.2, 0) is 0 Å². The maximum atomic E-state index is 12.1. The minimum absolute atomic E-state index is 0.0706. The summed E-state index contributed by atoms with van der Waals surface area (Å²) < 4.78 is 0. The smallest absolute Gasteiger partial charge is 0.257 e. The molecule has 0 spiro atoms. The zero-order valence-corrected chi connectivity index (χ0v) is 10.2. The van der Waals surface area contributed by atoms with Gasteiger partial charge in [0.25, 0.3) is 5.91 Å². The molecule has 1 saturated heterocycles. The quantitative estimate of drug-likeness (QED) is 0.840. The van der Waals surface area contributed by atoms with E-state index >= 15 is 0 Å². The van der Waals surface area contributed by atoms with E-state index in [-0.39, 0.29) is 11.7 Å². The Hall–Kier alpha value is -1.26. The van der Waals surface area contributed by atoms with Crippen LogP contribution in [0.4, 0.5) is 0 Å². The molecule has 0 aliphatic carbocycles. The second kappa shape index (κ2) is 4.94. The van der Waals surface area contributed by atoms with E-state index in [1.807, 2.05) is 0 Å². The lowest BCUT2D eigenvalue weighted by atomic mass is 10.1. The molecule has 1 aromatic carbocycles. The number of aromatic hydroxyl groups is 1. The van der Waals surface area contributed by atoms with E-state index in [1.165, 1.54) is 6.07 Å². The third-order valence-electron chi connectivity index (χ3n) is 3.10. The third-order valence-corrected chi connectivity index (χ3v) is 3.33. The van der Waals surface area contributed by atoms with Gasteiger partial charge in [-0.15, -0.1) is 0 Å². The van der Waals surface area contributed by atoms with Crippen molar-refractivity contribution in [1.82, 2.24) is 4.90 Å². The van der Waals surface area contributed by atoms with E-state index in [9.17, 15) is 9.90 Å². The number of halogens is 1. The van der Waals surface area contributed by atoms with Crippen LogP contribution in [0.5, 0.6) is 5.75 Å². The molecule has 1 heterocycles. The highest BCUT2D eigenvalue weighted by atomic mass is 35.5. The van der Waals surface area contributed by atoms with Crippen LogP contribution in [0.25, 0.3) is 0 Å². The summed E-state index contributed by atoms with van der Waals surface area (Å²) in [4.78, 5) is 13.8. The van der Waals surface area contributed by atoms with Gasteiger partial charge in [-0.25, -0.2) is 0 Å². The number of hydrogen-bond donors (Lipinski definition) is 2. The van der Waals surface area contributed by atoms with Crippen molar-refractivity contribution in [2.45, 2.75) is 6.42 Å². The average Bonchev–Trinajstić information content (AvgIpc) is 2.76. The Bertz CT molecular complexity index is 437. The average molecular weight is 255 g/mol. The Morgan fingerprint density at radius 2 is 2.35 bits per heavy atom. The Morgan fingerprint density at radius 1 is 1.59 bits per heavy atom. The third kappa shape index (κ3) is 2.53. The molecule has 0 radical (unpaired) electrons. The van der Waals surface area contributed by atoms with Gasteiger partial charge in [0.1, 0.15) is 5.75 Å².